The molecule has 0 spiro atoms. The number of hydrogen-bond acceptors (Lipinski definition) is 4. The fourth-order valence-electron chi connectivity index (χ4n) is 1.97. The Kier molecular flexibility index (Phi) is 6.11. The van der Waals surface area contributed by atoms with Crippen molar-refractivity contribution in [2.45, 2.75) is 12.5 Å². The third-order valence-corrected chi connectivity index (χ3v) is 5.21. The average molecular weight is 397 g/mol. The molecule has 0 bridgehead atoms. The highest BCUT2D eigenvalue weighted by molar-refractivity contribution is 7.21. The molecular weight excluding hydrogens is 385 g/mol. The maximum absolute atomic E-state index is 12.3. The minimum Gasteiger partial charge on any atom is -0.480 e. The number of carboxylic acid groups (broad SMARTS) is 1. The zero-order chi connectivity index (χ0) is 17.1. The van der Waals surface area contributed by atoms with Gasteiger partial charge in [-0.2, -0.15) is 0 Å². The number of carboxylic acids is 1. The molecule has 0 aliphatic heterocycles. The molecule has 1 heterocycles. The zero-order valence-corrected chi connectivity index (χ0v) is 14.9. The topological polar surface area (TPSA) is 75.6 Å². The first-order valence-corrected chi connectivity index (χ1v) is 8.39. The van der Waals surface area contributed by atoms with Crippen LogP contribution in [0.25, 0.3) is 10.1 Å². The van der Waals surface area contributed by atoms with Crippen molar-refractivity contribution in [3.05, 3.63) is 32.1 Å². The van der Waals surface area contributed by atoms with Crippen molar-refractivity contribution in [2.75, 3.05) is 13.7 Å². The average Bonchev–Trinajstić information content (AvgIpc) is 2.79. The fraction of sp³-hybridized carbons (Fsp3) is 0.286. The number of aliphatic carboxylic acids is 1. The Labute approximate surface area is 151 Å². The Morgan fingerprint density at radius 1 is 1.35 bits per heavy atom. The molecule has 2 aromatic rings. The van der Waals surface area contributed by atoms with Crippen molar-refractivity contribution in [3.63, 3.8) is 0 Å². The molecular formula is C14H12Cl3NO4S. The van der Waals surface area contributed by atoms with E-state index in [1.54, 1.807) is 6.07 Å². The maximum atomic E-state index is 12.3. The van der Waals surface area contributed by atoms with E-state index in [4.69, 9.17) is 44.6 Å². The van der Waals surface area contributed by atoms with Crippen molar-refractivity contribution in [1.82, 2.24) is 5.32 Å². The minimum atomic E-state index is -1.14. The van der Waals surface area contributed by atoms with Gasteiger partial charge in [0.15, 0.2) is 0 Å². The summed E-state index contributed by atoms with van der Waals surface area (Å²) in [4.78, 5) is 23.7. The number of nitrogens with one attached hydrogen (secondary N) is 1. The van der Waals surface area contributed by atoms with Gasteiger partial charge in [0, 0.05) is 35.2 Å². The Morgan fingerprint density at radius 3 is 2.65 bits per heavy atom. The Morgan fingerprint density at radius 2 is 2.04 bits per heavy atom. The van der Waals surface area contributed by atoms with E-state index in [0.29, 0.717) is 20.1 Å². The number of benzene rings is 1. The molecule has 1 unspecified atom stereocenters. The predicted octanol–water partition coefficient (Wildman–Crippen LogP) is 4.08. The number of carbonyl (C=O) groups excluding carboxylic acids is 1. The van der Waals surface area contributed by atoms with Crippen molar-refractivity contribution in [3.8, 4) is 0 Å². The summed E-state index contributed by atoms with van der Waals surface area (Å²) < 4.78 is 5.49. The highest BCUT2D eigenvalue weighted by atomic mass is 35.5. The number of methoxy groups -OCH3 is 1. The lowest BCUT2D eigenvalue weighted by atomic mass is 10.2. The largest absolute Gasteiger partial charge is 0.480 e. The number of ether oxygens (including phenoxy) is 1. The minimum absolute atomic E-state index is 0.146. The molecule has 1 aromatic heterocycles. The number of thiophene rings is 1. The van der Waals surface area contributed by atoms with Crippen molar-refractivity contribution in [1.29, 1.82) is 0 Å². The van der Waals surface area contributed by atoms with Crippen LogP contribution in [0.1, 0.15) is 16.1 Å². The second-order valence-electron chi connectivity index (χ2n) is 4.65. The molecule has 1 amide bonds. The van der Waals surface area contributed by atoms with E-state index in [-0.39, 0.29) is 22.9 Å². The zero-order valence-electron chi connectivity index (χ0n) is 11.9. The monoisotopic (exact) mass is 395 g/mol. The van der Waals surface area contributed by atoms with E-state index in [2.05, 4.69) is 5.32 Å². The quantitative estimate of drug-likeness (QED) is 0.771. The van der Waals surface area contributed by atoms with Gasteiger partial charge in [0.25, 0.3) is 5.91 Å². The number of halogens is 3. The summed E-state index contributed by atoms with van der Waals surface area (Å²) in [6, 6.07) is 2.11. The molecule has 0 radical (unpaired) electrons. The van der Waals surface area contributed by atoms with Crippen LogP contribution in [0.2, 0.25) is 15.1 Å². The summed E-state index contributed by atoms with van der Waals surface area (Å²) in [5.74, 6) is -1.72. The lowest BCUT2D eigenvalue weighted by Crippen LogP contribution is -2.41. The summed E-state index contributed by atoms with van der Waals surface area (Å²) >= 11 is 19.4. The molecule has 9 heteroatoms. The molecule has 0 saturated carbocycles. The van der Waals surface area contributed by atoms with E-state index < -0.39 is 17.9 Å². The van der Waals surface area contributed by atoms with E-state index in [1.807, 2.05) is 0 Å². The van der Waals surface area contributed by atoms with Gasteiger partial charge >= 0.3 is 5.97 Å². The molecule has 5 nitrogen and oxygen atoms in total. The molecule has 2 rings (SSSR count). The molecule has 124 valence electrons. The number of carbonyl (C=O) groups is 2. The van der Waals surface area contributed by atoms with Crippen LogP contribution in [0.15, 0.2) is 12.1 Å². The normalized spacial score (nSPS) is 12.3. The number of amides is 1. The van der Waals surface area contributed by atoms with Crippen LogP contribution in [0.4, 0.5) is 0 Å². The molecule has 0 aliphatic rings. The maximum Gasteiger partial charge on any atom is 0.326 e. The molecule has 1 aromatic carbocycles. The number of hydrogen-bond donors (Lipinski definition) is 2. The van der Waals surface area contributed by atoms with Crippen LogP contribution < -0.4 is 5.32 Å². The first-order chi connectivity index (χ1) is 10.8. The highest BCUT2D eigenvalue weighted by Crippen LogP contribution is 2.41. The third kappa shape index (κ3) is 4.08. The van der Waals surface area contributed by atoms with Gasteiger partial charge in [0.05, 0.1) is 10.0 Å². The molecule has 23 heavy (non-hydrogen) atoms. The van der Waals surface area contributed by atoms with Crippen molar-refractivity contribution >= 4 is 68.1 Å². The van der Waals surface area contributed by atoms with Gasteiger partial charge in [0.1, 0.15) is 10.9 Å². The lowest BCUT2D eigenvalue weighted by Gasteiger charge is -2.13. The standard InChI is InChI=1S/C14H12Cl3NO4S/c1-22-3-2-8(14(20)21)18-13(19)12-11(17)10-7(16)4-6(15)5-9(10)23-12/h4-5,8H,2-3H2,1H3,(H,18,19)(H,20,21). The van der Waals surface area contributed by atoms with Gasteiger partial charge in [-0.15, -0.1) is 11.3 Å². The summed E-state index contributed by atoms with van der Waals surface area (Å²) in [6.07, 6.45) is 0.146. The van der Waals surface area contributed by atoms with Crippen LogP contribution in [0.5, 0.6) is 0 Å². The first kappa shape index (κ1) is 18.3. The van der Waals surface area contributed by atoms with Gasteiger partial charge in [-0.3, -0.25) is 4.79 Å². The van der Waals surface area contributed by atoms with Gasteiger partial charge in [-0.1, -0.05) is 34.8 Å². The fourth-order valence-corrected chi connectivity index (χ4v) is 4.26. The second-order valence-corrected chi connectivity index (χ2v) is 6.93. The predicted molar refractivity (Wildman–Crippen MR) is 92.2 cm³/mol. The van der Waals surface area contributed by atoms with Crippen LogP contribution in [-0.4, -0.2) is 36.7 Å². The summed E-state index contributed by atoms with van der Waals surface area (Å²) in [5, 5.41) is 13.0. The van der Waals surface area contributed by atoms with Crippen LogP contribution in [-0.2, 0) is 9.53 Å². The Balaban J connectivity index is 2.32. The van der Waals surface area contributed by atoms with E-state index in [9.17, 15) is 9.59 Å². The van der Waals surface area contributed by atoms with Crippen LogP contribution in [0, 0.1) is 0 Å². The SMILES string of the molecule is COCCC(NC(=O)c1sc2cc(Cl)cc(Cl)c2c1Cl)C(=O)O. The second kappa shape index (κ2) is 7.68. The molecule has 1 atom stereocenters. The summed E-state index contributed by atoms with van der Waals surface area (Å²) in [5.41, 5.74) is 0. The molecule has 0 saturated heterocycles. The lowest BCUT2D eigenvalue weighted by molar-refractivity contribution is -0.139. The van der Waals surface area contributed by atoms with E-state index in [0.717, 1.165) is 11.3 Å². The third-order valence-electron chi connectivity index (χ3n) is 3.07. The summed E-state index contributed by atoms with van der Waals surface area (Å²) in [6.45, 7) is 0.207. The summed E-state index contributed by atoms with van der Waals surface area (Å²) in [7, 11) is 1.45. The highest BCUT2D eigenvalue weighted by Gasteiger charge is 2.24. The van der Waals surface area contributed by atoms with Crippen molar-refractivity contribution in [2.24, 2.45) is 0 Å². The Hall–Kier alpha value is -1.05. The van der Waals surface area contributed by atoms with Gasteiger partial charge < -0.3 is 15.2 Å². The van der Waals surface area contributed by atoms with Gasteiger partial charge in [-0.05, 0) is 12.1 Å². The molecule has 0 aliphatic carbocycles. The van der Waals surface area contributed by atoms with Gasteiger partial charge in [-0.25, -0.2) is 4.79 Å². The molecule has 2 N–H and O–H groups in total. The Bertz CT molecular complexity index is 762. The van der Waals surface area contributed by atoms with E-state index >= 15 is 0 Å². The number of fused-ring (bicyclic) bond motifs is 1. The van der Waals surface area contributed by atoms with Gasteiger partial charge in [0.2, 0.25) is 0 Å². The first-order valence-electron chi connectivity index (χ1n) is 6.44. The van der Waals surface area contributed by atoms with Crippen LogP contribution in [0.3, 0.4) is 0 Å². The van der Waals surface area contributed by atoms with E-state index in [1.165, 1.54) is 13.2 Å². The smallest absolute Gasteiger partial charge is 0.326 e. The molecule has 0 fully saturated rings. The number of rotatable bonds is 6. The van der Waals surface area contributed by atoms with Crippen LogP contribution >= 0.6 is 46.1 Å². The van der Waals surface area contributed by atoms with Crippen molar-refractivity contribution < 1.29 is 19.4 Å².